The highest BCUT2D eigenvalue weighted by Gasteiger charge is 2.26. The summed E-state index contributed by atoms with van der Waals surface area (Å²) in [5.41, 5.74) is 4.38. The van der Waals surface area contributed by atoms with Gasteiger partial charge >= 0.3 is 0 Å². The van der Waals surface area contributed by atoms with Gasteiger partial charge in [0.1, 0.15) is 10.9 Å². The van der Waals surface area contributed by atoms with Crippen molar-refractivity contribution in [3.05, 3.63) is 51.8 Å². The summed E-state index contributed by atoms with van der Waals surface area (Å²) in [6.07, 6.45) is 3.96. The van der Waals surface area contributed by atoms with Crippen molar-refractivity contribution < 1.29 is 5.11 Å². The molecule has 0 amide bonds. The van der Waals surface area contributed by atoms with Gasteiger partial charge in [0, 0.05) is 13.2 Å². The van der Waals surface area contributed by atoms with Crippen LogP contribution in [-0.4, -0.2) is 9.67 Å². The van der Waals surface area contributed by atoms with Gasteiger partial charge in [-0.05, 0) is 52.0 Å². The van der Waals surface area contributed by atoms with Crippen molar-refractivity contribution in [1.29, 1.82) is 0 Å². The molecule has 1 heterocycles. The number of phenols is 1. The van der Waals surface area contributed by atoms with E-state index in [1.54, 1.807) is 0 Å². The van der Waals surface area contributed by atoms with Crippen LogP contribution >= 0.6 is 11.6 Å². The average Bonchev–Trinajstić information content (AvgIpc) is 2.74. The molecular weight excluding hydrogens is 318 g/mol. The second-order valence-electron chi connectivity index (χ2n) is 8.82. The molecule has 0 aliphatic carbocycles. The highest BCUT2D eigenvalue weighted by atomic mass is 35.5. The normalized spacial score (nSPS) is 12.7. The first kappa shape index (κ1) is 18.9. The lowest BCUT2D eigenvalue weighted by atomic mass is 9.78. The second kappa shape index (κ2) is 6.48. The van der Waals surface area contributed by atoms with E-state index in [2.05, 4.69) is 59.9 Å². The zero-order chi connectivity index (χ0) is 18.3. The zero-order valence-corrected chi connectivity index (χ0v) is 16.8. The van der Waals surface area contributed by atoms with Crippen LogP contribution in [-0.2, 0) is 30.7 Å². The number of phenolic OH excluding ortho intramolecular Hbond substituents is 1. The molecule has 0 aliphatic rings. The van der Waals surface area contributed by atoms with E-state index < -0.39 is 0 Å². The molecule has 3 heteroatoms. The number of aromatic nitrogens is 1. The van der Waals surface area contributed by atoms with Crippen LogP contribution in [0.1, 0.15) is 63.8 Å². The topological polar surface area (TPSA) is 25.2 Å². The van der Waals surface area contributed by atoms with Crippen molar-refractivity contribution in [3.8, 4) is 5.75 Å². The molecule has 0 bridgehead atoms. The van der Waals surface area contributed by atoms with E-state index in [0.29, 0.717) is 5.75 Å². The first-order chi connectivity index (χ1) is 10.9. The Hall–Kier alpha value is -1.41. The van der Waals surface area contributed by atoms with Gasteiger partial charge in [0.25, 0.3) is 0 Å². The van der Waals surface area contributed by atoms with E-state index in [9.17, 15) is 5.11 Å². The summed E-state index contributed by atoms with van der Waals surface area (Å²) in [7, 11) is 1.96. The quantitative estimate of drug-likeness (QED) is 0.749. The van der Waals surface area contributed by atoms with E-state index in [-0.39, 0.29) is 10.8 Å². The summed E-state index contributed by atoms with van der Waals surface area (Å²) in [6, 6.07) is 6.35. The first-order valence-electron chi connectivity index (χ1n) is 8.57. The van der Waals surface area contributed by atoms with Crippen LogP contribution in [0.4, 0.5) is 0 Å². The predicted octanol–water partition coefficient (Wildman–Crippen LogP) is 5.76. The monoisotopic (exact) mass is 347 g/mol. The summed E-state index contributed by atoms with van der Waals surface area (Å²) in [4.78, 5) is 0. The Morgan fingerprint density at radius 3 is 1.71 bits per heavy atom. The molecule has 0 saturated carbocycles. The average molecular weight is 348 g/mol. The number of halogens is 1. The molecule has 0 aliphatic heterocycles. The van der Waals surface area contributed by atoms with Gasteiger partial charge in [0.15, 0.2) is 0 Å². The van der Waals surface area contributed by atoms with Crippen LogP contribution in [0.3, 0.4) is 0 Å². The van der Waals surface area contributed by atoms with Gasteiger partial charge in [-0.15, -0.1) is 0 Å². The Labute approximate surface area is 151 Å². The zero-order valence-electron chi connectivity index (χ0n) is 16.0. The highest BCUT2D eigenvalue weighted by molar-refractivity contribution is 6.29. The molecule has 0 atom stereocenters. The Kier molecular flexibility index (Phi) is 5.11. The number of hydrogen-bond donors (Lipinski definition) is 1. The summed E-state index contributed by atoms with van der Waals surface area (Å²) >= 11 is 6.13. The van der Waals surface area contributed by atoms with Gasteiger partial charge in [-0.3, -0.25) is 0 Å². The van der Waals surface area contributed by atoms with E-state index in [4.69, 9.17) is 11.6 Å². The Balaban J connectivity index is 2.39. The molecule has 0 radical (unpaired) electrons. The number of benzene rings is 1. The molecule has 2 aromatic rings. The molecule has 1 aromatic heterocycles. The number of hydrogen-bond acceptors (Lipinski definition) is 1. The summed E-state index contributed by atoms with van der Waals surface area (Å²) in [5.74, 6) is 0.446. The molecule has 2 rings (SSSR count). The molecule has 1 aromatic carbocycles. The lowest BCUT2D eigenvalue weighted by Gasteiger charge is -2.28. The maximum absolute atomic E-state index is 10.8. The molecule has 24 heavy (non-hydrogen) atoms. The summed E-state index contributed by atoms with van der Waals surface area (Å²) in [5, 5.41) is 11.6. The van der Waals surface area contributed by atoms with Gasteiger partial charge in [-0.2, -0.15) is 0 Å². The van der Waals surface area contributed by atoms with Gasteiger partial charge in [0.2, 0.25) is 0 Å². The number of aromatic hydroxyl groups is 1. The van der Waals surface area contributed by atoms with Crippen LogP contribution in [0.5, 0.6) is 5.75 Å². The number of nitrogens with zero attached hydrogens (tertiary/aromatic N) is 1. The maximum atomic E-state index is 10.8. The summed E-state index contributed by atoms with van der Waals surface area (Å²) < 4.78 is 1.94. The van der Waals surface area contributed by atoms with Gasteiger partial charge < -0.3 is 9.67 Å². The third-order valence-corrected chi connectivity index (χ3v) is 4.86. The lowest BCUT2D eigenvalue weighted by Crippen LogP contribution is -2.18. The van der Waals surface area contributed by atoms with E-state index in [0.717, 1.165) is 29.1 Å². The Morgan fingerprint density at radius 1 is 0.875 bits per heavy atom. The van der Waals surface area contributed by atoms with Crippen LogP contribution in [0, 0.1) is 0 Å². The lowest BCUT2D eigenvalue weighted by molar-refractivity contribution is 0.422. The van der Waals surface area contributed by atoms with Crippen molar-refractivity contribution in [1.82, 2.24) is 4.57 Å². The van der Waals surface area contributed by atoms with Gasteiger partial charge in [-0.1, -0.05) is 65.3 Å². The fourth-order valence-electron chi connectivity index (χ4n) is 3.01. The molecule has 2 nitrogen and oxygen atoms in total. The fourth-order valence-corrected chi connectivity index (χ4v) is 3.20. The van der Waals surface area contributed by atoms with Crippen molar-refractivity contribution in [2.75, 3.05) is 0 Å². The van der Waals surface area contributed by atoms with E-state index in [1.807, 2.05) is 17.7 Å². The minimum atomic E-state index is -0.0872. The Bertz CT molecular complexity index is 675. The predicted molar refractivity (Wildman–Crippen MR) is 103 cm³/mol. The molecule has 0 spiro atoms. The molecule has 1 N–H and O–H groups in total. The van der Waals surface area contributed by atoms with Crippen LogP contribution < -0.4 is 0 Å². The van der Waals surface area contributed by atoms with E-state index in [1.165, 1.54) is 11.1 Å². The minimum Gasteiger partial charge on any atom is -0.507 e. The van der Waals surface area contributed by atoms with Crippen molar-refractivity contribution in [3.63, 3.8) is 0 Å². The Morgan fingerprint density at radius 2 is 1.33 bits per heavy atom. The van der Waals surface area contributed by atoms with Gasteiger partial charge in [0.05, 0.1) is 0 Å². The second-order valence-corrected chi connectivity index (χ2v) is 9.21. The fraction of sp³-hybridized carbons (Fsp3) is 0.524. The molecule has 0 fully saturated rings. The van der Waals surface area contributed by atoms with Crippen LogP contribution in [0.25, 0.3) is 0 Å². The number of rotatable bonds is 3. The highest BCUT2D eigenvalue weighted by Crippen LogP contribution is 2.40. The molecule has 0 saturated heterocycles. The molecule has 132 valence electrons. The van der Waals surface area contributed by atoms with E-state index >= 15 is 0 Å². The largest absolute Gasteiger partial charge is 0.507 e. The van der Waals surface area contributed by atoms with Crippen LogP contribution in [0.2, 0.25) is 5.15 Å². The van der Waals surface area contributed by atoms with Crippen molar-refractivity contribution in [2.45, 2.75) is 65.2 Å². The standard InChI is InChI=1S/C21H30ClNO/c1-20(2,3)16-10-14(11-17(19(16)24)21(4,5)6)8-9-15-12-18(22)23(7)13-15/h10-13,24H,8-9H2,1-7H3. The number of aryl methyl sites for hydroxylation is 3. The van der Waals surface area contributed by atoms with Crippen LogP contribution in [0.15, 0.2) is 24.4 Å². The van der Waals surface area contributed by atoms with Crippen molar-refractivity contribution >= 4 is 11.6 Å². The third-order valence-electron chi connectivity index (χ3n) is 4.49. The molecule has 0 unspecified atom stereocenters. The third kappa shape index (κ3) is 4.16. The van der Waals surface area contributed by atoms with Crippen molar-refractivity contribution in [2.24, 2.45) is 7.05 Å². The molecular formula is C21H30ClNO. The minimum absolute atomic E-state index is 0.0872. The van der Waals surface area contributed by atoms with Gasteiger partial charge in [-0.25, -0.2) is 0 Å². The smallest absolute Gasteiger partial charge is 0.123 e. The SMILES string of the molecule is Cn1cc(CCc2cc(C(C)(C)C)c(O)c(C(C)(C)C)c2)cc1Cl. The first-order valence-corrected chi connectivity index (χ1v) is 8.95. The summed E-state index contributed by atoms with van der Waals surface area (Å²) in [6.45, 7) is 12.9. The maximum Gasteiger partial charge on any atom is 0.123 e.